The SMILES string of the molecule is Cc1cc(CO)nc2cc3c(cc12)OC(C)(C)[C@@H](O)[C@@H]3NCCc1ccccc1. The van der Waals surface area contributed by atoms with Crippen LogP contribution in [0.5, 0.6) is 5.75 Å². The second kappa shape index (κ2) is 7.75. The number of benzene rings is 2. The number of aromatic nitrogens is 1. The first-order chi connectivity index (χ1) is 13.9. The van der Waals surface area contributed by atoms with Crippen molar-refractivity contribution in [3.63, 3.8) is 0 Å². The number of rotatable bonds is 5. The number of pyridine rings is 1. The van der Waals surface area contributed by atoms with Crippen LogP contribution in [-0.2, 0) is 13.0 Å². The van der Waals surface area contributed by atoms with E-state index in [0.29, 0.717) is 5.69 Å². The van der Waals surface area contributed by atoms with Crippen molar-refractivity contribution in [2.75, 3.05) is 6.54 Å². The van der Waals surface area contributed by atoms with Crippen molar-refractivity contribution in [2.45, 2.75) is 51.5 Å². The van der Waals surface area contributed by atoms with Gasteiger partial charge in [-0.05, 0) is 63.1 Å². The molecular weight excluding hydrogens is 364 g/mol. The highest BCUT2D eigenvalue weighted by molar-refractivity contribution is 5.85. The Labute approximate surface area is 171 Å². The fourth-order valence-electron chi connectivity index (χ4n) is 4.07. The Morgan fingerprint density at radius 1 is 1.14 bits per heavy atom. The maximum atomic E-state index is 11.0. The summed E-state index contributed by atoms with van der Waals surface area (Å²) in [5, 5.41) is 25.1. The summed E-state index contributed by atoms with van der Waals surface area (Å²) in [6, 6.07) is 15.9. The molecule has 29 heavy (non-hydrogen) atoms. The second-order valence-electron chi connectivity index (χ2n) is 8.31. The van der Waals surface area contributed by atoms with E-state index in [-0.39, 0.29) is 12.6 Å². The Morgan fingerprint density at radius 2 is 1.90 bits per heavy atom. The molecule has 1 aliphatic rings. The third-order valence-electron chi connectivity index (χ3n) is 5.72. The topological polar surface area (TPSA) is 74.6 Å². The molecule has 0 bridgehead atoms. The van der Waals surface area contributed by atoms with E-state index in [9.17, 15) is 10.2 Å². The zero-order valence-electron chi connectivity index (χ0n) is 17.1. The predicted molar refractivity (Wildman–Crippen MR) is 114 cm³/mol. The van der Waals surface area contributed by atoms with Gasteiger partial charge in [0, 0.05) is 10.9 Å². The largest absolute Gasteiger partial charge is 0.485 e. The minimum atomic E-state index is -0.711. The summed E-state index contributed by atoms with van der Waals surface area (Å²) in [6.45, 7) is 6.47. The summed E-state index contributed by atoms with van der Waals surface area (Å²) in [6.07, 6.45) is 0.172. The monoisotopic (exact) mass is 392 g/mol. The van der Waals surface area contributed by atoms with Crippen molar-refractivity contribution in [1.29, 1.82) is 0 Å². The standard InChI is InChI=1S/C24H28N2O3/c1-15-11-17(14-27)26-20-12-19-21(13-18(15)20)29-24(2,3)23(28)22(19)25-10-9-16-7-5-4-6-8-16/h4-8,11-13,22-23,25,27-28H,9-10,14H2,1-3H3/t22-,23+/m1/s1. The summed E-state index contributed by atoms with van der Waals surface area (Å²) in [4.78, 5) is 4.57. The number of hydrogen-bond acceptors (Lipinski definition) is 5. The van der Waals surface area contributed by atoms with Gasteiger partial charge in [-0.25, -0.2) is 0 Å². The molecule has 0 aliphatic carbocycles. The van der Waals surface area contributed by atoms with Gasteiger partial charge in [0.05, 0.1) is 23.9 Å². The normalized spacial score (nSPS) is 20.3. The number of fused-ring (bicyclic) bond motifs is 2. The number of aliphatic hydroxyl groups is 2. The first-order valence-electron chi connectivity index (χ1n) is 10.1. The number of hydrogen-bond donors (Lipinski definition) is 3. The molecule has 2 heterocycles. The molecule has 0 radical (unpaired) electrons. The molecule has 0 unspecified atom stereocenters. The molecule has 4 rings (SSSR count). The molecule has 1 aromatic heterocycles. The van der Waals surface area contributed by atoms with Crippen molar-refractivity contribution in [2.24, 2.45) is 0 Å². The lowest BCUT2D eigenvalue weighted by Gasteiger charge is -2.42. The van der Waals surface area contributed by atoms with Crippen LogP contribution in [0, 0.1) is 6.92 Å². The van der Waals surface area contributed by atoms with Crippen molar-refractivity contribution in [1.82, 2.24) is 10.3 Å². The Bertz CT molecular complexity index is 1020. The lowest BCUT2D eigenvalue weighted by atomic mass is 9.85. The van der Waals surface area contributed by atoms with E-state index >= 15 is 0 Å². The van der Waals surface area contributed by atoms with Crippen LogP contribution in [0.2, 0.25) is 0 Å². The summed E-state index contributed by atoms with van der Waals surface area (Å²) < 4.78 is 6.18. The van der Waals surface area contributed by atoms with E-state index in [2.05, 4.69) is 22.4 Å². The van der Waals surface area contributed by atoms with E-state index in [1.54, 1.807) is 0 Å². The fourth-order valence-corrected chi connectivity index (χ4v) is 4.07. The van der Waals surface area contributed by atoms with Gasteiger partial charge >= 0.3 is 0 Å². The molecule has 5 nitrogen and oxygen atoms in total. The van der Waals surface area contributed by atoms with Gasteiger partial charge < -0.3 is 20.3 Å². The zero-order chi connectivity index (χ0) is 20.6. The summed E-state index contributed by atoms with van der Waals surface area (Å²) >= 11 is 0. The number of nitrogens with zero attached hydrogens (tertiary/aromatic N) is 1. The van der Waals surface area contributed by atoms with Gasteiger partial charge in [-0.15, -0.1) is 0 Å². The average molecular weight is 392 g/mol. The van der Waals surface area contributed by atoms with Gasteiger partial charge in [0.1, 0.15) is 17.5 Å². The van der Waals surface area contributed by atoms with Crippen molar-refractivity contribution < 1.29 is 14.9 Å². The summed E-state index contributed by atoms with van der Waals surface area (Å²) in [5.74, 6) is 0.770. The third-order valence-corrected chi connectivity index (χ3v) is 5.72. The highest BCUT2D eigenvalue weighted by Crippen LogP contribution is 2.42. The Balaban J connectivity index is 1.69. The molecular formula is C24H28N2O3. The second-order valence-corrected chi connectivity index (χ2v) is 8.31. The minimum Gasteiger partial charge on any atom is -0.485 e. The quantitative estimate of drug-likeness (QED) is 0.620. The van der Waals surface area contributed by atoms with Crippen LogP contribution in [0.25, 0.3) is 10.9 Å². The molecule has 2 aromatic carbocycles. The Morgan fingerprint density at radius 3 is 2.62 bits per heavy atom. The fraction of sp³-hybridized carbons (Fsp3) is 0.375. The van der Waals surface area contributed by atoms with Crippen LogP contribution in [0.3, 0.4) is 0 Å². The number of aliphatic hydroxyl groups excluding tert-OH is 2. The first kappa shape index (κ1) is 19.8. The van der Waals surface area contributed by atoms with Crippen LogP contribution in [0.1, 0.15) is 42.3 Å². The van der Waals surface area contributed by atoms with E-state index in [0.717, 1.165) is 40.7 Å². The first-order valence-corrected chi connectivity index (χ1v) is 10.1. The molecule has 152 valence electrons. The molecule has 0 amide bonds. The van der Waals surface area contributed by atoms with Crippen molar-refractivity contribution in [3.8, 4) is 5.75 Å². The smallest absolute Gasteiger partial charge is 0.131 e. The van der Waals surface area contributed by atoms with Gasteiger partial charge in [-0.1, -0.05) is 30.3 Å². The summed E-state index contributed by atoms with van der Waals surface area (Å²) in [7, 11) is 0. The molecule has 2 atom stereocenters. The molecule has 1 aliphatic heterocycles. The maximum Gasteiger partial charge on any atom is 0.131 e. The molecule has 3 aromatic rings. The van der Waals surface area contributed by atoms with Crippen molar-refractivity contribution >= 4 is 10.9 Å². The van der Waals surface area contributed by atoms with Gasteiger partial charge in [0.15, 0.2) is 0 Å². The molecule has 5 heteroatoms. The zero-order valence-corrected chi connectivity index (χ0v) is 17.1. The van der Waals surface area contributed by atoms with Crippen molar-refractivity contribution in [3.05, 3.63) is 70.9 Å². The minimum absolute atomic E-state index is 0.0984. The predicted octanol–water partition coefficient (Wildman–Crippen LogP) is 3.44. The van der Waals surface area contributed by atoms with Gasteiger partial charge in [-0.3, -0.25) is 4.98 Å². The average Bonchev–Trinajstić information content (AvgIpc) is 2.70. The van der Waals surface area contributed by atoms with E-state index < -0.39 is 11.7 Å². The van der Waals surface area contributed by atoms with Crippen LogP contribution in [0.15, 0.2) is 48.5 Å². The highest BCUT2D eigenvalue weighted by atomic mass is 16.5. The third kappa shape index (κ3) is 3.86. The molecule has 0 fully saturated rings. The lowest BCUT2D eigenvalue weighted by Crippen LogP contribution is -2.52. The van der Waals surface area contributed by atoms with Crippen LogP contribution < -0.4 is 10.1 Å². The van der Waals surface area contributed by atoms with Crippen LogP contribution in [0.4, 0.5) is 0 Å². The molecule has 0 spiro atoms. The number of nitrogens with one attached hydrogen (secondary N) is 1. The van der Waals surface area contributed by atoms with Gasteiger partial charge in [0.25, 0.3) is 0 Å². The van der Waals surface area contributed by atoms with Crippen LogP contribution >= 0.6 is 0 Å². The van der Waals surface area contributed by atoms with E-state index in [1.807, 2.05) is 57.2 Å². The van der Waals surface area contributed by atoms with Gasteiger partial charge in [0.2, 0.25) is 0 Å². The molecule has 0 saturated heterocycles. The van der Waals surface area contributed by atoms with E-state index in [1.165, 1.54) is 5.56 Å². The highest BCUT2D eigenvalue weighted by Gasteiger charge is 2.42. The summed E-state index contributed by atoms with van der Waals surface area (Å²) in [5.41, 5.74) is 3.93. The van der Waals surface area contributed by atoms with Crippen LogP contribution in [-0.4, -0.2) is 33.4 Å². The number of ether oxygens (including phenoxy) is 1. The number of aryl methyl sites for hydroxylation is 1. The molecule has 3 N–H and O–H groups in total. The lowest BCUT2D eigenvalue weighted by molar-refractivity contribution is -0.0642. The maximum absolute atomic E-state index is 11.0. The Hall–Kier alpha value is -2.47. The van der Waals surface area contributed by atoms with E-state index in [4.69, 9.17) is 4.74 Å². The molecule has 0 saturated carbocycles. The van der Waals surface area contributed by atoms with Gasteiger partial charge in [-0.2, -0.15) is 0 Å². The Kier molecular flexibility index (Phi) is 5.30.